The number of nitrogens with one attached hydrogen (secondary N) is 2. The summed E-state index contributed by atoms with van der Waals surface area (Å²) in [6, 6.07) is 0. The first-order valence-corrected chi connectivity index (χ1v) is 7.23. The maximum atomic E-state index is 11.6. The molecule has 5 heteroatoms. The molecule has 0 aromatic rings. The Morgan fingerprint density at radius 1 is 1.10 bits per heavy atom. The Balaban J connectivity index is 4.05. The number of aliphatic hydroxyl groups is 1. The molecule has 2 amide bonds. The lowest BCUT2D eigenvalue weighted by Crippen LogP contribution is -2.47. The van der Waals surface area contributed by atoms with E-state index in [9.17, 15) is 14.7 Å². The van der Waals surface area contributed by atoms with Crippen LogP contribution in [0, 0.1) is 11.3 Å². The highest BCUT2D eigenvalue weighted by Crippen LogP contribution is 2.19. The van der Waals surface area contributed by atoms with E-state index in [4.69, 9.17) is 0 Å². The summed E-state index contributed by atoms with van der Waals surface area (Å²) < 4.78 is 0. The number of hydrogen-bond acceptors (Lipinski definition) is 3. The SMILES string of the molecule is CCC(C)C(C)(O)CNC(=O)CNC(=O)CC(C)(C)C. The normalized spacial score (nSPS) is 16.1. The third kappa shape index (κ3) is 8.15. The van der Waals surface area contributed by atoms with Crippen LogP contribution in [0.25, 0.3) is 0 Å². The predicted octanol–water partition coefficient (Wildman–Crippen LogP) is 1.45. The van der Waals surface area contributed by atoms with Crippen molar-refractivity contribution in [3.63, 3.8) is 0 Å². The summed E-state index contributed by atoms with van der Waals surface area (Å²) in [7, 11) is 0. The molecule has 2 atom stereocenters. The van der Waals surface area contributed by atoms with Gasteiger partial charge in [-0.05, 0) is 18.3 Å². The lowest BCUT2D eigenvalue weighted by Gasteiger charge is -2.29. The Labute approximate surface area is 122 Å². The number of carbonyl (C=O) groups excluding carboxylic acids is 2. The Morgan fingerprint density at radius 2 is 1.65 bits per heavy atom. The van der Waals surface area contributed by atoms with Gasteiger partial charge >= 0.3 is 0 Å². The first kappa shape index (κ1) is 18.9. The predicted molar refractivity (Wildman–Crippen MR) is 80.2 cm³/mol. The van der Waals surface area contributed by atoms with Gasteiger partial charge in [0.25, 0.3) is 0 Å². The van der Waals surface area contributed by atoms with Crippen LogP contribution in [0.4, 0.5) is 0 Å². The van der Waals surface area contributed by atoms with Crippen LogP contribution in [0.2, 0.25) is 0 Å². The van der Waals surface area contributed by atoms with Crippen molar-refractivity contribution in [1.29, 1.82) is 0 Å². The van der Waals surface area contributed by atoms with E-state index in [0.29, 0.717) is 6.42 Å². The molecule has 0 spiro atoms. The molecule has 3 N–H and O–H groups in total. The molecule has 118 valence electrons. The first-order valence-electron chi connectivity index (χ1n) is 7.23. The van der Waals surface area contributed by atoms with Crippen molar-refractivity contribution in [3.8, 4) is 0 Å². The van der Waals surface area contributed by atoms with Crippen LogP contribution < -0.4 is 10.6 Å². The largest absolute Gasteiger partial charge is 0.388 e. The summed E-state index contributed by atoms with van der Waals surface area (Å²) in [6.07, 6.45) is 1.22. The molecule has 0 rings (SSSR count). The van der Waals surface area contributed by atoms with E-state index in [2.05, 4.69) is 10.6 Å². The van der Waals surface area contributed by atoms with E-state index in [0.717, 1.165) is 6.42 Å². The van der Waals surface area contributed by atoms with Gasteiger partial charge in [-0.3, -0.25) is 9.59 Å². The standard InChI is InChI=1S/C15H30N2O3/c1-7-11(2)15(6,20)10-17-13(19)9-16-12(18)8-14(3,4)5/h11,20H,7-10H2,1-6H3,(H,16,18)(H,17,19). The highest BCUT2D eigenvalue weighted by atomic mass is 16.3. The molecule has 2 unspecified atom stereocenters. The van der Waals surface area contributed by atoms with Crippen LogP contribution >= 0.6 is 0 Å². The molecule has 0 heterocycles. The smallest absolute Gasteiger partial charge is 0.239 e. The maximum absolute atomic E-state index is 11.6. The minimum absolute atomic E-state index is 0.0501. The summed E-state index contributed by atoms with van der Waals surface area (Å²) in [5.74, 6) is -0.324. The Kier molecular flexibility index (Phi) is 7.20. The molecule has 0 aliphatic carbocycles. The van der Waals surface area contributed by atoms with Gasteiger partial charge in [0.2, 0.25) is 11.8 Å². The number of amides is 2. The second-order valence-electron chi connectivity index (χ2n) is 6.96. The summed E-state index contributed by atoms with van der Waals surface area (Å²) in [5, 5.41) is 15.4. The molecular weight excluding hydrogens is 256 g/mol. The summed E-state index contributed by atoms with van der Waals surface area (Å²) in [5.41, 5.74) is -1.03. The molecule has 0 fully saturated rings. The highest BCUT2D eigenvalue weighted by molar-refractivity contribution is 5.84. The summed E-state index contributed by atoms with van der Waals surface area (Å²) in [4.78, 5) is 23.2. The van der Waals surface area contributed by atoms with Gasteiger partial charge < -0.3 is 15.7 Å². The van der Waals surface area contributed by atoms with Crippen molar-refractivity contribution < 1.29 is 14.7 Å². The molecule has 5 nitrogen and oxygen atoms in total. The monoisotopic (exact) mass is 286 g/mol. The molecule has 0 saturated heterocycles. The van der Waals surface area contributed by atoms with Crippen molar-refractivity contribution in [3.05, 3.63) is 0 Å². The van der Waals surface area contributed by atoms with E-state index < -0.39 is 5.60 Å². The zero-order chi connectivity index (χ0) is 16.0. The summed E-state index contributed by atoms with van der Waals surface area (Å²) in [6.45, 7) is 11.7. The van der Waals surface area contributed by atoms with E-state index in [1.54, 1.807) is 6.92 Å². The fourth-order valence-electron chi connectivity index (χ4n) is 1.68. The third-order valence-corrected chi connectivity index (χ3v) is 3.45. The van der Waals surface area contributed by atoms with Crippen molar-refractivity contribution in [2.45, 2.75) is 60.0 Å². The zero-order valence-corrected chi connectivity index (χ0v) is 13.7. The molecule has 0 bridgehead atoms. The van der Waals surface area contributed by atoms with Crippen LogP contribution in [0.15, 0.2) is 0 Å². The lowest BCUT2D eigenvalue weighted by molar-refractivity contribution is -0.127. The average molecular weight is 286 g/mol. The minimum Gasteiger partial charge on any atom is -0.388 e. The van der Waals surface area contributed by atoms with Gasteiger partial charge in [-0.1, -0.05) is 41.0 Å². The quantitative estimate of drug-likeness (QED) is 0.663. The fraction of sp³-hybridized carbons (Fsp3) is 0.867. The zero-order valence-electron chi connectivity index (χ0n) is 13.7. The van der Waals surface area contributed by atoms with Crippen LogP contribution in [-0.4, -0.2) is 35.6 Å². The van der Waals surface area contributed by atoms with Gasteiger partial charge in [0.1, 0.15) is 0 Å². The third-order valence-electron chi connectivity index (χ3n) is 3.45. The van der Waals surface area contributed by atoms with Crippen molar-refractivity contribution in [1.82, 2.24) is 10.6 Å². The van der Waals surface area contributed by atoms with Gasteiger partial charge in [-0.2, -0.15) is 0 Å². The number of hydrogen-bond donors (Lipinski definition) is 3. The van der Waals surface area contributed by atoms with Crippen LogP contribution in [0.3, 0.4) is 0 Å². The molecule has 0 saturated carbocycles. The van der Waals surface area contributed by atoms with E-state index >= 15 is 0 Å². The van der Waals surface area contributed by atoms with Gasteiger partial charge in [-0.25, -0.2) is 0 Å². The van der Waals surface area contributed by atoms with Gasteiger partial charge in [-0.15, -0.1) is 0 Å². The van der Waals surface area contributed by atoms with Crippen LogP contribution in [-0.2, 0) is 9.59 Å². The van der Waals surface area contributed by atoms with E-state index in [1.165, 1.54) is 0 Å². The van der Waals surface area contributed by atoms with Crippen molar-refractivity contribution in [2.24, 2.45) is 11.3 Å². The highest BCUT2D eigenvalue weighted by Gasteiger charge is 2.27. The molecule has 0 aliphatic rings. The average Bonchev–Trinajstić information content (AvgIpc) is 2.30. The molecule has 0 aromatic carbocycles. The number of carbonyl (C=O) groups is 2. The van der Waals surface area contributed by atoms with Crippen LogP contribution in [0.5, 0.6) is 0 Å². The molecular formula is C15H30N2O3. The Bertz CT molecular complexity index is 333. The fourth-order valence-corrected chi connectivity index (χ4v) is 1.68. The van der Waals surface area contributed by atoms with Gasteiger partial charge in [0.15, 0.2) is 0 Å². The van der Waals surface area contributed by atoms with Crippen molar-refractivity contribution in [2.75, 3.05) is 13.1 Å². The summed E-state index contributed by atoms with van der Waals surface area (Å²) >= 11 is 0. The van der Waals surface area contributed by atoms with E-state index in [1.807, 2.05) is 34.6 Å². The molecule has 0 aromatic heterocycles. The van der Waals surface area contributed by atoms with Crippen LogP contribution in [0.1, 0.15) is 54.4 Å². The Morgan fingerprint density at radius 3 is 2.10 bits per heavy atom. The van der Waals surface area contributed by atoms with Crippen molar-refractivity contribution >= 4 is 11.8 Å². The molecule has 0 aliphatic heterocycles. The molecule has 20 heavy (non-hydrogen) atoms. The lowest BCUT2D eigenvalue weighted by atomic mass is 9.89. The van der Waals surface area contributed by atoms with Gasteiger partial charge in [0, 0.05) is 13.0 Å². The molecule has 0 radical (unpaired) electrons. The minimum atomic E-state index is -0.931. The Hall–Kier alpha value is -1.10. The second kappa shape index (κ2) is 7.62. The maximum Gasteiger partial charge on any atom is 0.239 e. The topological polar surface area (TPSA) is 78.4 Å². The number of rotatable bonds is 7. The first-order chi connectivity index (χ1) is 8.98. The van der Waals surface area contributed by atoms with Gasteiger partial charge in [0.05, 0.1) is 12.1 Å². The second-order valence-corrected chi connectivity index (χ2v) is 6.96. The van der Waals surface area contributed by atoms with E-state index in [-0.39, 0.29) is 36.2 Å².